The van der Waals surface area contributed by atoms with Crippen molar-refractivity contribution in [2.75, 3.05) is 0 Å². The lowest BCUT2D eigenvalue weighted by atomic mass is 9.99. The third kappa shape index (κ3) is 2.01. The minimum Gasteiger partial charge on any atom is -0.387 e. The van der Waals surface area contributed by atoms with E-state index in [2.05, 4.69) is 0 Å². The Morgan fingerprint density at radius 1 is 1.60 bits per heavy atom. The van der Waals surface area contributed by atoms with Crippen molar-refractivity contribution in [2.24, 2.45) is 0 Å². The summed E-state index contributed by atoms with van der Waals surface area (Å²) in [6.07, 6.45) is 0.377. The summed E-state index contributed by atoms with van der Waals surface area (Å²) in [7, 11) is 0. The number of aliphatic hydroxyl groups is 1. The molecule has 2 atom stereocenters. The van der Waals surface area contributed by atoms with Gasteiger partial charge in [-0.15, -0.1) is 0 Å². The summed E-state index contributed by atoms with van der Waals surface area (Å²) >= 11 is 7.38. The SMILES string of the molecule is CCC1SCc2cc(F)c(Cl)cc2C1O. The van der Waals surface area contributed by atoms with Crippen molar-refractivity contribution in [3.05, 3.63) is 34.1 Å². The zero-order valence-corrected chi connectivity index (χ0v) is 9.91. The number of hydrogen-bond donors (Lipinski definition) is 1. The van der Waals surface area contributed by atoms with E-state index in [9.17, 15) is 9.50 Å². The number of thioether (sulfide) groups is 1. The second-order valence-electron chi connectivity index (χ2n) is 3.67. The molecule has 0 fully saturated rings. The Balaban J connectivity index is 2.43. The summed E-state index contributed by atoms with van der Waals surface area (Å²) in [5.74, 6) is 0.345. The molecule has 1 nitrogen and oxygen atoms in total. The third-order valence-corrected chi connectivity index (χ3v) is 4.49. The normalized spacial score (nSPS) is 25.1. The molecular formula is C11H12ClFOS. The molecule has 0 radical (unpaired) electrons. The number of rotatable bonds is 1. The Morgan fingerprint density at radius 3 is 3.00 bits per heavy atom. The van der Waals surface area contributed by atoms with E-state index in [-0.39, 0.29) is 10.3 Å². The van der Waals surface area contributed by atoms with Crippen LogP contribution in [-0.4, -0.2) is 10.4 Å². The maximum Gasteiger partial charge on any atom is 0.142 e. The minimum atomic E-state index is -0.526. The smallest absolute Gasteiger partial charge is 0.142 e. The maximum atomic E-state index is 13.2. The first kappa shape index (κ1) is 11.2. The van der Waals surface area contributed by atoms with Gasteiger partial charge >= 0.3 is 0 Å². The van der Waals surface area contributed by atoms with Crippen molar-refractivity contribution in [3.8, 4) is 0 Å². The molecule has 82 valence electrons. The van der Waals surface area contributed by atoms with E-state index in [0.717, 1.165) is 23.3 Å². The molecule has 0 aliphatic carbocycles. The van der Waals surface area contributed by atoms with Crippen molar-refractivity contribution in [1.29, 1.82) is 0 Å². The molecule has 1 heterocycles. The monoisotopic (exact) mass is 246 g/mol. The number of aliphatic hydroxyl groups excluding tert-OH is 1. The Morgan fingerprint density at radius 2 is 2.33 bits per heavy atom. The standard InChI is InChI=1S/C11H12ClFOS/c1-2-10-11(14)7-4-8(12)9(13)3-6(7)5-15-10/h3-4,10-11,14H,2,5H2,1H3. The van der Waals surface area contributed by atoms with Gasteiger partial charge in [-0.3, -0.25) is 0 Å². The highest BCUT2D eigenvalue weighted by Crippen LogP contribution is 2.40. The van der Waals surface area contributed by atoms with Crippen LogP contribution in [0.25, 0.3) is 0 Å². The zero-order valence-electron chi connectivity index (χ0n) is 8.34. The molecule has 0 aromatic heterocycles. The second kappa shape index (κ2) is 4.32. The topological polar surface area (TPSA) is 20.2 Å². The third-order valence-electron chi connectivity index (χ3n) is 2.71. The predicted octanol–water partition coefficient (Wildman–Crippen LogP) is 3.54. The fourth-order valence-electron chi connectivity index (χ4n) is 1.83. The highest BCUT2D eigenvalue weighted by Gasteiger charge is 2.28. The van der Waals surface area contributed by atoms with Gasteiger partial charge in [-0.25, -0.2) is 4.39 Å². The molecular weight excluding hydrogens is 235 g/mol. The second-order valence-corrected chi connectivity index (χ2v) is 5.30. The molecule has 1 aliphatic heterocycles. The van der Waals surface area contributed by atoms with E-state index in [4.69, 9.17) is 11.6 Å². The summed E-state index contributed by atoms with van der Waals surface area (Å²) in [6, 6.07) is 2.99. The molecule has 1 aromatic rings. The Kier molecular flexibility index (Phi) is 3.24. The molecule has 4 heteroatoms. The number of fused-ring (bicyclic) bond motifs is 1. The van der Waals surface area contributed by atoms with Gasteiger partial charge in [0.25, 0.3) is 0 Å². The lowest BCUT2D eigenvalue weighted by Gasteiger charge is -2.29. The predicted molar refractivity (Wildman–Crippen MR) is 61.7 cm³/mol. The van der Waals surface area contributed by atoms with E-state index in [1.165, 1.54) is 6.07 Å². The Hall–Kier alpha value is -0.250. The highest BCUT2D eigenvalue weighted by atomic mass is 35.5. The molecule has 2 rings (SSSR count). The minimum absolute atomic E-state index is 0.0922. The molecule has 15 heavy (non-hydrogen) atoms. The van der Waals surface area contributed by atoms with Gasteiger partial charge in [-0.2, -0.15) is 11.8 Å². The van der Waals surface area contributed by atoms with Crippen LogP contribution in [0.5, 0.6) is 0 Å². The van der Waals surface area contributed by atoms with Crippen LogP contribution >= 0.6 is 23.4 Å². The van der Waals surface area contributed by atoms with Crippen LogP contribution in [0, 0.1) is 5.82 Å². The van der Waals surface area contributed by atoms with E-state index < -0.39 is 11.9 Å². The van der Waals surface area contributed by atoms with Gasteiger partial charge < -0.3 is 5.11 Å². The Labute approximate surface area is 97.6 Å². The van der Waals surface area contributed by atoms with Gasteiger partial charge in [0, 0.05) is 11.0 Å². The van der Waals surface area contributed by atoms with Gasteiger partial charge in [0.05, 0.1) is 11.1 Å². The van der Waals surface area contributed by atoms with E-state index in [0.29, 0.717) is 0 Å². The number of halogens is 2. The van der Waals surface area contributed by atoms with Crippen molar-refractivity contribution in [3.63, 3.8) is 0 Å². The highest BCUT2D eigenvalue weighted by molar-refractivity contribution is 7.99. The molecule has 1 N–H and O–H groups in total. The molecule has 2 unspecified atom stereocenters. The fraction of sp³-hybridized carbons (Fsp3) is 0.455. The molecule has 0 amide bonds. The quantitative estimate of drug-likeness (QED) is 0.818. The molecule has 0 bridgehead atoms. The van der Waals surface area contributed by atoms with Crippen molar-refractivity contribution >= 4 is 23.4 Å². The van der Waals surface area contributed by atoms with Crippen LogP contribution in [0.1, 0.15) is 30.6 Å². The summed E-state index contributed by atoms with van der Waals surface area (Å²) < 4.78 is 13.2. The zero-order chi connectivity index (χ0) is 11.0. The largest absolute Gasteiger partial charge is 0.387 e. The molecule has 1 aromatic carbocycles. The lowest BCUT2D eigenvalue weighted by Crippen LogP contribution is -2.20. The van der Waals surface area contributed by atoms with Crippen molar-refractivity contribution in [1.82, 2.24) is 0 Å². The van der Waals surface area contributed by atoms with Crippen LogP contribution in [-0.2, 0) is 5.75 Å². The van der Waals surface area contributed by atoms with Gasteiger partial charge in [-0.05, 0) is 29.7 Å². The van der Waals surface area contributed by atoms with Crippen LogP contribution in [0.15, 0.2) is 12.1 Å². The van der Waals surface area contributed by atoms with Gasteiger partial charge in [0.2, 0.25) is 0 Å². The molecule has 0 spiro atoms. The van der Waals surface area contributed by atoms with Crippen LogP contribution in [0.2, 0.25) is 5.02 Å². The summed E-state index contributed by atoms with van der Waals surface area (Å²) in [4.78, 5) is 0. The van der Waals surface area contributed by atoms with Crippen molar-refractivity contribution < 1.29 is 9.50 Å². The maximum absolute atomic E-state index is 13.2. The summed E-state index contributed by atoms with van der Waals surface area (Å²) in [5, 5.41) is 10.3. The lowest BCUT2D eigenvalue weighted by molar-refractivity contribution is 0.170. The van der Waals surface area contributed by atoms with Crippen LogP contribution in [0.3, 0.4) is 0 Å². The summed E-state index contributed by atoms with van der Waals surface area (Å²) in [5.41, 5.74) is 1.64. The molecule has 1 aliphatic rings. The first-order valence-electron chi connectivity index (χ1n) is 4.91. The molecule has 0 saturated heterocycles. The number of benzene rings is 1. The van der Waals surface area contributed by atoms with E-state index >= 15 is 0 Å². The van der Waals surface area contributed by atoms with Crippen LogP contribution < -0.4 is 0 Å². The average molecular weight is 247 g/mol. The first-order chi connectivity index (χ1) is 7.13. The van der Waals surface area contributed by atoms with Gasteiger partial charge in [0.1, 0.15) is 5.82 Å². The van der Waals surface area contributed by atoms with Crippen LogP contribution in [0.4, 0.5) is 4.39 Å². The van der Waals surface area contributed by atoms with E-state index in [1.54, 1.807) is 17.8 Å². The number of hydrogen-bond acceptors (Lipinski definition) is 2. The van der Waals surface area contributed by atoms with Gasteiger partial charge in [-0.1, -0.05) is 18.5 Å². The first-order valence-corrected chi connectivity index (χ1v) is 6.33. The average Bonchev–Trinajstić information content (AvgIpc) is 2.22. The fourth-order valence-corrected chi connectivity index (χ4v) is 3.21. The van der Waals surface area contributed by atoms with Crippen molar-refractivity contribution in [2.45, 2.75) is 30.5 Å². The Bertz CT molecular complexity index is 383. The summed E-state index contributed by atoms with van der Waals surface area (Å²) in [6.45, 7) is 2.04. The van der Waals surface area contributed by atoms with Gasteiger partial charge in [0.15, 0.2) is 0 Å². The van der Waals surface area contributed by atoms with E-state index in [1.807, 2.05) is 6.92 Å². The molecule has 0 saturated carbocycles.